The second-order valence-corrected chi connectivity index (χ2v) is 4.88. The molecule has 16 heavy (non-hydrogen) atoms. The SMILES string of the molecule is CCCC1(C)CCCN(C(=NC)NC)C1.I. The highest BCUT2D eigenvalue weighted by molar-refractivity contribution is 14.0. The van der Waals surface area contributed by atoms with Crippen molar-refractivity contribution in [3.05, 3.63) is 0 Å². The molecule has 0 radical (unpaired) electrons. The summed E-state index contributed by atoms with van der Waals surface area (Å²) in [5.41, 5.74) is 0.486. The summed E-state index contributed by atoms with van der Waals surface area (Å²) in [4.78, 5) is 6.68. The summed E-state index contributed by atoms with van der Waals surface area (Å²) in [6.07, 6.45) is 5.25. The largest absolute Gasteiger partial charge is 0.359 e. The van der Waals surface area contributed by atoms with Crippen LogP contribution < -0.4 is 5.32 Å². The van der Waals surface area contributed by atoms with Crippen molar-refractivity contribution < 1.29 is 0 Å². The van der Waals surface area contributed by atoms with Crippen LogP contribution in [0.3, 0.4) is 0 Å². The van der Waals surface area contributed by atoms with Gasteiger partial charge in [0.2, 0.25) is 0 Å². The minimum absolute atomic E-state index is 0. The van der Waals surface area contributed by atoms with Crippen LogP contribution in [0.1, 0.15) is 39.5 Å². The summed E-state index contributed by atoms with van der Waals surface area (Å²) < 4.78 is 0. The van der Waals surface area contributed by atoms with Crippen molar-refractivity contribution in [1.29, 1.82) is 0 Å². The Labute approximate surface area is 117 Å². The molecule has 3 nitrogen and oxygen atoms in total. The van der Waals surface area contributed by atoms with E-state index in [0.29, 0.717) is 5.41 Å². The lowest BCUT2D eigenvalue weighted by Crippen LogP contribution is -2.48. The Morgan fingerprint density at radius 1 is 1.50 bits per heavy atom. The molecular weight excluding hydrogens is 313 g/mol. The van der Waals surface area contributed by atoms with E-state index in [1.807, 2.05) is 14.1 Å². The molecular formula is C12H26IN3. The van der Waals surface area contributed by atoms with E-state index in [2.05, 4.69) is 29.1 Å². The third kappa shape index (κ3) is 4.11. The molecule has 0 spiro atoms. The highest BCUT2D eigenvalue weighted by atomic mass is 127. The summed E-state index contributed by atoms with van der Waals surface area (Å²) in [6, 6.07) is 0. The first-order chi connectivity index (χ1) is 7.15. The standard InChI is InChI=1S/C12H25N3.HI/c1-5-7-12(2)8-6-9-15(10-12)11(13-3)14-4;/h5-10H2,1-4H3,(H,13,14);1H. The molecule has 1 saturated heterocycles. The lowest BCUT2D eigenvalue weighted by Gasteiger charge is -2.41. The molecule has 0 aromatic heterocycles. The maximum Gasteiger partial charge on any atom is 0.193 e. The van der Waals surface area contributed by atoms with Crippen molar-refractivity contribution in [2.45, 2.75) is 39.5 Å². The smallest absolute Gasteiger partial charge is 0.193 e. The van der Waals surface area contributed by atoms with E-state index in [1.165, 1.54) is 25.7 Å². The van der Waals surface area contributed by atoms with Gasteiger partial charge < -0.3 is 10.2 Å². The molecule has 1 N–H and O–H groups in total. The molecule has 0 bridgehead atoms. The second kappa shape index (κ2) is 7.35. The van der Waals surface area contributed by atoms with Crippen LogP contribution in [0.4, 0.5) is 0 Å². The van der Waals surface area contributed by atoms with E-state index in [1.54, 1.807) is 0 Å². The van der Waals surface area contributed by atoms with E-state index in [-0.39, 0.29) is 24.0 Å². The Balaban J connectivity index is 0.00000225. The van der Waals surface area contributed by atoms with Crippen molar-refractivity contribution in [2.24, 2.45) is 10.4 Å². The Bertz CT molecular complexity index is 226. The highest BCUT2D eigenvalue weighted by Gasteiger charge is 2.31. The van der Waals surface area contributed by atoms with Crippen LogP contribution in [0, 0.1) is 5.41 Å². The van der Waals surface area contributed by atoms with Gasteiger partial charge in [-0.2, -0.15) is 0 Å². The van der Waals surface area contributed by atoms with Crippen molar-refractivity contribution in [3.63, 3.8) is 0 Å². The fraction of sp³-hybridized carbons (Fsp3) is 0.917. The molecule has 0 saturated carbocycles. The lowest BCUT2D eigenvalue weighted by molar-refractivity contribution is 0.143. The summed E-state index contributed by atoms with van der Waals surface area (Å²) >= 11 is 0. The number of nitrogens with zero attached hydrogens (tertiary/aromatic N) is 2. The molecule has 1 atom stereocenters. The first-order valence-electron chi connectivity index (χ1n) is 6.04. The predicted molar refractivity (Wildman–Crippen MR) is 81.7 cm³/mol. The molecule has 0 aromatic rings. The number of piperidine rings is 1. The number of halogens is 1. The fourth-order valence-corrected chi connectivity index (χ4v) is 2.72. The Morgan fingerprint density at radius 2 is 2.19 bits per heavy atom. The third-order valence-electron chi connectivity index (χ3n) is 3.37. The topological polar surface area (TPSA) is 27.6 Å². The average molecular weight is 339 g/mol. The van der Waals surface area contributed by atoms with Crippen LogP contribution >= 0.6 is 24.0 Å². The first kappa shape index (κ1) is 16.0. The zero-order chi connectivity index (χ0) is 11.3. The van der Waals surface area contributed by atoms with Gasteiger partial charge in [0, 0.05) is 27.2 Å². The van der Waals surface area contributed by atoms with Crippen molar-refractivity contribution in [2.75, 3.05) is 27.2 Å². The van der Waals surface area contributed by atoms with Crippen molar-refractivity contribution in [3.8, 4) is 0 Å². The molecule has 1 heterocycles. The maximum atomic E-state index is 4.29. The van der Waals surface area contributed by atoms with E-state index in [9.17, 15) is 0 Å². The Hall–Kier alpha value is 0. The Morgan fingerprint density at radius 3 is 2.69 bits per heavy atom. The molecule has 0 aromatic carbocycles. The van der Waals surface area contributed by atoms with Crippen LogP contribution in [0.5, 0.6) is 0 Å². The summed E-state index contributed by atoms with van der Waals surface area (Å²) in [7, 11) is 3.81. The van der Waals surface area contributed by atoms with Crippen LogP contribution in [-0.2, 0) is 0 Å². The Kier molecular flexibility index (Phi) is 7.35. The summed E-state index contributed by atoms with van der Waals surface area (Å²) in [5, 5.41) is 3.18. The lowest BCUT2D eigenvalue weighted by atomic mass is 9.78. The van der Waals surface area contributed by atoms with E-state index < -0.39 is 0 Å². The van der Waals surface area contributed by atoms with Gasteiger partial charge in [0.1, 0.15) is 0 Å². The normalized spacial score (nSPS) is 26.2. The monoisotopic (exact) mass is 339 g/mol. The van der Waals surface area contributed by atoms with Crippen LogP contribution in [0.15, 0.2) is 4.99 Å². The molecule has 1 aliphatic rings. The quantitative estimate of drug-likeness (QED) is 0.476. The van der Waals surface area contributed by atoms with E-state index in [4.69, 9.17) is 0 Å². The molecule has 1 fully saturated rings. The van der Waals surface area contributed by atoms with Gasteiger partial charge in [-0.3, -0.25) is 4.99 Å². The average Bonchev–Trinajstić information content (AvgIpc) is 2.19. The second-order valence-electron chi connectivity index (χ2n) is 4.88. The number of rotatable bonds is 2. The molecule has 4 heteroatoms. The van der Waals surface area contributed by atoms with Crippen molar-refractivity contribution in [1.82, 2.24) is 10.2 Å². The third-order valence-corrected chi connectivity index (χ3v) is 3.37. The molecule has 0 amide bonds. The minimum Gasteiger partial charge on any atom is -0.359 e. The number of hydrogen-bond donors (Lipinski definition) is 1. The molecule has 1 rings (SSSR count). The first-order valence-corrected chi connectivity index (χ1v) is 6.04. The van der Waals surface area contributed by atoms with Gasteiger partial charge in [-0.25, -0.2) is 0 Å². The summed E-state index contributed by atoms with van der Waals surface area (Å²) in [5.74, 6) is 1.04. The highest BCUT2D eigenvalue weighted by Crippen LogP contribution is 2.33. The number of guanidine groups is 1. The number of hydrogen-bond acceptors (Lipinski definition) is 1. The number of nitrogens with one attached hydrogen (secondary N) is 1. The van der Waals surface area contributed by atoms with E-state index in [0.717, 1.165) is 19.0 Å². The zero-order valence-corrected chi connectivity index (χ0v) is 13.4. The van der Waals surface area contributed by atoms with Gasteiger partial charge in [0.15, 0.2) is 5.96 Å². The molecule has 1 unspecified atom stereocenters. The molecule has 0 aliphatic carbocycles. The maximum absolute atomic E-state index is 4.29. The van der Waals surface area contributed by atoms with Crippen LogP contribution in [0.2, 0.25) is 0 Å². The molecule has 1 aliphatic heterocycles. The predicted octanol–water partition coefficient (Wildman–Crippen LogP) is 2.71. The van der Waals surface area contributed by atoms with Gasteiger partial charge in [0.05, 0.1) is 0 Å². The fourth-order valence-electron chi connectivity index (χ4n) is 2.72. The van der Waals surface area contributed by atoms with Crippen LogP contribution in [-0.4, -0.2) is 38.0 Å². The van der Waals surface area contributed by atoms with Crippen molar-refractivity contribution >= 4 is 29.9 Å². The minimum atomic E-state index is 0. The van der Waals surface area contributed by atoms with E-state index >= 15 is 0 Å². The van der Waals surface area contributed by atoms with Gasteiger partial charge >= 0.3 is 0 Å². The van der Waals surface area contributed by atoms with Gasteiger partial charge in [-0.05, 0) is 24.7 Å². The van der Waals surface area contributed by atoms with Gasteiger partial charge in [-0.15, -0.1) is 24.0 Å². The summed E-state index contributed by atoms with van der Waals surface area (Å²) in [6.45, 7) is 6.98. The van der Waals surface area contributed by atoms with Gasteiger partial charge in [-0.1, -0.05) is 20.3 Å². The molecule has 96 valence electrons. The van der Waals surface area contributed by atoms with Gasteiger partial charge in [0.25, 0.3) is 0 Å². The number of aliphatic imine (C=N–C) groups is 1. The van der Waals surface area contributed by atoms with Crippen LogP contribution in [0.25, 0.3) is 0 Å². The zero-order valence-electron chi connectivity index (χ0n) is 11.0. The number of likely N-dealkylation sites (tertiary alicyclic amines) is 1.